The molecule has 4 rings (SSSR count). The van der Waals surface area contributed by atoms with E-state index >= 15 is 0 Å². The van der Waals surface area contributed by atoms with Crippen LogP contribution in [0.4, 0.5) is 14.9 Å². The SMILES string of the molecule is Cc1c(C=CCNC(=O)OCC2c3ccccc3-c3ccccc32)cc(F)cc1[N+](=O)[O-]. The van der Waals surface area contributed by atoms with Crippen LogP contribution >= 0.6 is 0 Å². The Morgan fingerprint density at radius 3 is 2.38 bits per heavy atom. The van der Waals surface area contributed by atoms with Crippen LogP contribution in [-0.4, -0.2) is 24.2 Å². The van der Waals surface area contributed by atoms with Gasteiger partial charge in [0.1, 0.15) is 12.4 Å². The van der Waals surface area contributed by atoms with E-state index < -0.39 is 16.8 Å². The second-order valence-corrected chi connectivity index (χ2v) is 7.51. The lowest BCUT2D eigenvalue weighted by atomic mass is 9.98. The van der Waals surface area contributed by atoms with E-state index in [4.69, 9.17) is 4.74 Å². The van der Waals surface area contributed by atoms with Gasteiger partial charge in [-0.2, -0.15) is 0 Å². The van der Waals surface area contributed by atoms with E-state index in [1.807, 2.05) is 36.4 Å². The fourth-order valence-corrected chi connectivity index (χ4v) is 4.03. The Morgan fingerprint density at radius 2 is 1.75 bits per heavy atom. The normalized spacial score (nSPS) is 12.4. The van der Waals surface area contributed by atoms with Gasteiger partial charge in [-0.3, -0.25) is 10.1 Å². The van der Waals surface area contributed by atoms with Crippen LogP contribution in [0.25, 0.3) is 17.2 Å². The Labute approximate surface area is 184 Å². The number of rotatable bonds is 6. The zero-order valence-electron chi connectivity index (χ0n) is 17.4. The summed E-state index contributed by atoms with van der Waals surface area (Å²) < 4.78 is 19.1. The molecule has 1 aliphatic carbocycles. The van der Waals surface area contributed by atoms with Crippen molar-refractivity contribution in [3.8, 4) is 11.1 Å². The van der Waals surface area contributed by atoms with E-state index in [2.05, 4.69) is 17.4 Å². The number of hydrogen-bond acceptors (Lipinski definition) is 4. The van der Waals surface area contributed by atoms with Crippen LogP contribution in [0.3, 0.4) is 0 Å². The summed E-state index contributed by atoms with van der Waals surface area (Å²) in [6, 6.07) is 18.3. The number of nitrogens with one attached hydrogen (secondary N) is 1. The van der Waals surface area contributed by atoms with Gasteiger partial charge in [0.2, 0.25) is 0 Å². The monoisotopic (exact) mass is 432 g/mol. The Morgan fingerprint density at radius 1 is 1.12 bits per heavy atom. The molecule has 0 radical (unpaired) electrons. The largest absolute Gasteiger partial charge is 0.449 e. The zero-order valence-corrected chi connectivity index (χ0v) is 17.4. The van der Waals surface area contributed by atoms with Gasteiger partial charge in [0, 0.05) is 18.0 Å². The molecule has 1 amide bonds. The molecule has 0 fully saturated rings. The Bertz CT molecular complexity index is 1180. The first-order valence-corrected chi connectivity index (χ1v) is 10.2. The van der Waals surface area contributed by atoms with E-state index in [1.165, 1.54) is 12.1 Å². The number of hydrogen-bond donors (Lipinski definition) is 1. The van der Waals surface area contributed by atoms with Gasteiger partial charge in [0.15, 0.2) is 0 Å². The Kier molecular flexibility index (Phi) is 5.98. The lowest BCUT2D eigenvalue weighted by Gasteiger charge is -2.14. The molecule has 0 saturated carbocycles. The molecule has 0 spiro atoms. The predicted octanol–water partition coefficient (Wildman–Crippen LogP) is 5.59. The molecule has 6 nitrogen and oxygen atoms in total. The molecule has 7 heteroatoms. The Balaban J connectivity index is 1.36. The van der Waals surface area contributed by atoms with Crippen LogP contribution in [0.1, 0.15) is 28.2 Å². The van der Waals surface area contributed by atoms with Gasteiger partial charge in [-0.15, -0.1) is 0 Å². The van der Waals surface area contributed by atoms with Gasteiger partial charge in [-0.05, 0) is 40.8 Å². The average Bonchev–Trinajstić information content (AvgIpc) is 3.11. The first-order valence-electron chi connectivity index (χ1n) is 10.2. The second kappa shape index (κ2) is 9.01. The lowest BCUT2D eigenvalue weighted by Crippen LogP contribution is -2.26. The highest BCUT2D eigenvalue weighted by molar-refractivity contribution is 5.79. The van der Waals surface area contributed by atoms with Gasteiger partial charge in [0.25, 0.3) is 5.69 Å². The van der Waals surface area contributed by atoms with Crippen molar-refractivity contribution in [3.63, 3.8) is 0 Å². The highest BCUT2D eigenvalue weighted by Gasteiger charge is 2.28. The van der Waals surface area contributed by atoms with Gasteiger partial charge >= 0.3 is 6.09 Å². The number of nitro groups is 1. The maximum atomic E-state index is 13.6. The first kappa shape index (κ1) is 21.2. The molecular weight excluding hydrogens is 411 g/mol. The number of carbonyl (C=O) groups excluding carboxylic acids is 1. The summed E-state index contributed by atoms with van der Waals surface area (Å²) in [5, 5.41) is 13.6. The molecule has 0 atom stereocenters. The molecule has 1 N–H and O–H groups in total. The lowest BCUT2D eigenvalue weighted by molar-refractivity contribution is -0.385. The van der Waals surface area contributed by atoms with Crippen LogP contribution in [-0.2, 0) is 4.74 Å². The summed E-state index contributed by atoms with van der Waals surface area (Å²) in [6.07, 6.45) is 2.56. The minimum Gasteiger partial charge on any atom is -0.449 e. The molecule has 3 aromatic carbocycles. The van der Waals surface area contributed by atoms with Crippen LogP contribution in [0, 0.1) is 22.9 Å². The van der Waals surface area contributed by atoms with Crippen molar-refractivity contribution in [2.24, 2.45) is 0 Å². The zero-order chi connectivity index (χ0) is 22.7. The standard InChI is InChI=1S/C25H21FN2O4/c1-16-17(13-18(26)14-24(16)28(30)31)7-6-12-27-25(29)32-15-23-21-10-4-2-8-19(21)20-9-3-5-11-22(20)23/h2-11,13-14,23H,12,15H2,1H3,(H,27,29). The summed E-state index contributed by atoms with van der Waals surface area (Å²) in [5.41, 5.74) is 5.02. The summed E-state index contributed by atoms with van der Waals surface area (Å²) in [6.45, 7) is 1.90. The number of halogens is 1. The van der Waals surface area contributed by atoms with Crippen molar-refractivity contribution in [1.29, 1.82) is 0 Å². The quantitative estimate of drug-likeness (QED) is 0.406. The third-order valence-electron chi connectivity index (χ3n) is 5.59. The minimum absolute atomic E-state index is 0.0285. The van der Waals surface area contributed by atoms with E-state index in [0.717, 1.165) is 28.3 Å². The number of benzene rings is 3. The number of ether oxygens (including phenoxy) is 1. The van der Waals surface area contributed by atoms with Gasteiger partial charge < -0.3 is 10.1 Å². The fourth-order valence-electron chi connectivity index (χ4n) is 4.03. The molecule has 1 aliphatic rings. The van der Waals surface area contributed by atoms with Crippen LogP contribution in [0.5, 0.6) is 0 Å². The van der Waals surface area contributed by atoms with E-state index in [1.54, 1.807) is 13.0 Å². The number of amides is 1. The summed E-state index contributed by atoms with van der Waals surface area (Å²) in [4.78, 5) is 22.6. The molecule has 3 aromatic rings. The van der Waals surface area contributed by atoms with E-state index in [0.29, 0.717) is 11.1 Å². The molecule has 0 bridgehead atoms. The maximum Gasteiger partial charge on any atom is 0.407 e. The number of nitrogens with zero attached hydrogens (tertiary/aromatic N) is 1. The van der Waals surface area contributed by atoms with Crippen LogP contribution in [0.2, 0.25) is 0 Å². The molecule has 0 aliphatic heterocycles. The van der Waals surface area contributed by atoms with Crippen molar-refractivity contribution >= 4 is 17.9 Å². The molecule has 162 valence electrons. The third kappa shape index (κ3) is 4.23. The molecule has 0 aromatic heterocycles. The topological polar surface area (TPSA) is 81.5 Å². The van der Waals surface area contributed by atoms with E-state index in [9.17, 15) is 19.3 Å². The Hall–Kier alpha value is -4.00. The second-order valence-electron chi connectivity index (χ2n) is 7.51. The van der Waals surface area contributed by atoms with Gasteiger partial charge in [-0.1, -0.05) is 60.7 Å². The third-order valence-corrected chi connectivity index (χ3v) is 5.59. The maximum absolute atomic E-state index is 13.6. The summed E-state index contributed by atoms with van der Waals surface area (Å²) in [5.74, 6) is -0.717. The smallest absolute Gasteiger partial charge is 0.407 e. The predicted molar refractivity (Wildman–Crippen MR) is 120 cm³/mol. The van der Waals surface area contributed by atoms with Crippen molar-refractivity contribution in [2.75, 3.05) is 13.2 Å². The molecule has 0 unspecified atom stereocenters. The molecule has 0 heterocycles. The van der Waals surface area contributed by atoms with Crippen LogP contribution < -0.4 is 5.32 Å². The van der Waals surface area contributed by atoms with Crippen molar-refractivity contribution in [3.05, 3.63) is 105 Å². The van der Waals surface area contributed by atoms with Crippen molar-refractivity contribution < 1.29 is 18.8 Å². The van der Waals surface area contributed by atoms with E-state index in [-0.39, 0.29) is 24.8 Å². The number of carbonyl (C=O) groups is 1. The number of fused-ring (bicyclic) bond motifs is 3. The van der Waals surface area contributed by atoms with Gasteiger partial charge in [0.05, 0.1) is 11.0 Å². The fraction of sp³-hybridized carbons (Fsp3) is 0.160. The minimum atomic E-state index is -0.688. The number of nitro benzene ring substituents is 1. The van der Waals surface area contributed by atoms with Gasteiger partial charge in [-0.25, -0.2) is 9.18 Å². The number of alkyl carbamates (subject to hydrolysis) is 1. The summed E-state index contributed by atoms with van der Waals surface area (Å²) in [7, 11) is 0. The highest BCUT2D eigenvalue weighted by atomic mass is 19.1. The molecule has 0 saturated heterocycles. The molecular formula is C25H21FN2O4. The van der Waals surface area contributed by atoms with Crippen molar-refractivity contribution in [2.45, 2.75) is 12.8 Å². The first-order chi connectivity index (χ1) is 15.5. The molecule has 32 heavy (non-hydrogen) atoms. The van der Waals surface area contributed by atoms with Crippen molar-refractivity contribution in [1.82, 2.24) is 5.32 Å². The van der Waals surface area contributed by atoms with Crippen LogP contribution in [0.15, 0.2) is 66.7 Å². The highest BCUT2D eigenvalue weighted by Crippen LogP contribution is 2.44. The summed E-state index contributed by atoms with van der Waals surface area (Å²) >= 11 is 0. The average molecular weight is 432 g/mol.